The van der Waals surface area contributed by atoms with E-state index in [-0.39, 0.29) is 0 Å². The molecule has 0 atom stereocenters. The highest BCUT2D eigenvalue weighted by Crippen LogP contribution is 2.24. The van der Waals surface area contributed by atoms with Crippen LogP contribution >= 0.6 is 15.9 Å². The summed E-state index contributed by atoms with van der Waals surface area (Å²) in [6.45, 7) is 0. The first kappa shape index (κ1) is 10.2. The molecule has 0 saturated carbocycles. The average Bonchev–Trinajstić information content (AvgIpc) is 1.61. The molecule has 0 saturated heterocycles. The third-order valence-electron chi connectivity index (χ3n) is 0.483. The molecule has 0 aliphatic heterocycles. The van der Waals surface area contributed by atoms with Gasteiger partial charge in [0.15, 0.2) is 0 Å². The van der Waals surface area contributed by atoms with Crippen LogP contribution in [-0.4, -0.2) is 19.4 Å². The molecule has 10 heavy (non-hydrogen) atoms. The molecule has 0 unspecified atom stereocenters. The second kappa shape index (κ2) is 3.05. The zero-order valence-corrected chi connectivity index (χ0v) is 6.75. The summed E-state index contributed by atoms with van der Waals surface area (Å²) in [5, 5.41) is 0. The molecule has 0 amide bonds. The zero-order chi connectivity index (χ0) is 8.41. The van der Waals surface area contributed by atoms with Crippen LogP contribution in [0.5, 0.6) is 0 Å². The van der Waals surface area contributed by atoms with E-state index in [1.54, 1.807) is 0 Å². The van der Waals surface area contributed by atoms with E-state index in [1.165, 1.54) is 0 Å². The summed E-state index contributed by atoms with van der Waals surface area (Å²) in [7, 11) is -5.39. The van der Waals surface area contributed by atoms with Gasteiger partial charge in [-0.15, -0.1) is 0 Å². The molecule has 0 heterocycles. The molecular weight excluding hydrogens is 241 g/mol. The van der Waals surface area contributed by atoms with Gasteiger partial charge in [0, 0.05) is 0 Å². The van der Waals surface area contributed by atoms with E-state index in [9.17, 15) is 21.6 Å². The molecule has 0 aromatic rings. The fourth-order valence-electron chi connectivity index (χ4n) is 0.125. The second-order valence-corrected chi connectivity index (χ2v) is 3.19. The average molecular weight is 243 g/mol. The molecule has 0 aliphatic carbocycles. The van der Waals surface area contributed by atoms with E-state index in [1.807, 2.05) is 0 Å². The molecule has 0 N–H and O–H groups in total. The molecule has 0 fully saturated rings. The van der Waals surface area contributed by atoms with Gasteiger partial charge in [0.05, 0.1) is 0 Å². The Kier molecular flexibility index (Phi) is 3.11. The van der Waals surface area contributed by atoms with Crippen molar-refractivity contribution in [2.24, 2.45) is 0 Å². The van der Waals surface area contributed by atoms with Gasteiger partial charge in [-0.05, 0) is 0 Å². The third-order valence-corrected chi connectivity index (χ3v) is 2.01. The van der Waals surface area contributed by atoms with Gasteiger partial charge in [0.1, 0.15) is 5.52 Å². The lowest BCUT2D eigenvalue weighted by Crippen LogP contribution is -2.24. The molecule has 3 nitrogen and oxygen atoms in total. The van der Waals surface area contributed by atoms with Crippen LogP contribution in [0.2, 0.25) is 0 Å². The highest BCUT2D eigenvalue weighted by Gasteiger charge is 2.47. The highest BCUT2D eigenvalue weighted by molar-refractivity contribution is 9.09. The maximum Gasteiger partial charge on any atom is 0.523 e. The smallest absolute Gasteiger partial charge is 0.252 e. The highest BCUT2D eigenvalue weighted by atomic mass is 79.9. The Morgan fingerprint density at radius 2 is 1.80 bits per heavy atom. The lowest BCUT2D eigenvalue weighted by Gasteiger charge is -2.04. The van der Waals surface area contributed by atoms with Crippen molar-refractivity contribution in [1.29, 1.82) is 0 Å². The van der Waals surface area contributed by atoms with Gasteiger partial charge >= 0.3 is 15.6 Å². The lowest BCUT2D eigenvalue weighted by atomic mass is 11.6. The minimum atomic E-state index is -5.39. The third kappa shape index (κ3) is 2.43. The van der Waals surface area contributed by atoms with Crippen molar-refractivity contribution in [3.63, 3.8) is 0 Å². The van der Waals surface area contributed by atoms with Crippen molar-refractivity contribution in [2.75, 3.05) is 5.52 Å². The molecule has 62 valence electrons. The topological polar surface area (TPSA) is 43.4 Å². The second-order valence-electron chi connectivity index (χ2n) is 1.13. The monoisotopic (exact) mass is 242 g/mol. The van der Waals surface area contributed by atoms with Crippen LogP contribution in [0.3, 0.4) is 0 Å². The van der Waals surface area contributed by atoms with Gasteiger partial charge in [-0.2, -0.15) is 21.6 Å². The van der Waals surface area contributed by atoms with Crippen LogP contribution in [0.15, 0.2) is 0 Å². The summed E-state index contributed by atoms with van der Waals surface area (Å²) in [5.74, 6) is 0. The Balaban J connectivity index is 4.44. The first-order chi connectivity index (χ1) is 4.31. The maximum atomic E-state index is 11.3. The predicted molar refractivity (Wildman–Crippen MR) is 29.9 cm³/mol. The van der Waals surface area contributed by atoms with E-state index in [2.05, 4.69) is 20.1 Å². The van der Waals surface area contributed by atoms with Crippen LogP contribution in [-0.2, 0) is 14.3 Å². The number of alkyl halides is 4. The van der Waals surface area contributed by atoms with Crippen LogP contribution in [0.4, 0.5) is 13.2 Å². The fraction of sp³-hybridized carbons (Fsp3) is 1.00. The van der Waals surface area contributed by atoms with Crippen molar-refractivity contribution in [3.8, 4) is 0 Å². The fourth-order valence-corrected chi connectivity index (χ4v) is 1.11. The number of hydrogen-bond donors (Lipinski definition) is 0. The minimum Gasteiger partial charge on any atom is -0.252 e. The summed E-state index contributed by atoms with van der Waals surface area (Å²) >= 11 is 2.38. The maximum absolute atomic E-state index is 11.3. The Morgan fingerprint density at radius 1 is 1.40 bits per heavy atom. The summed E-state index contributed by atoms with van der Waals surface area (Å²) < 4.78 is 57.0. The van der Waals surface area contributed by atoms with Gasteiger partial charge in [-0.25, -0.2) is 0 Å². The SMILES string of the molecule is O=S(=O)(OCBr)C(F)(F)F. The van der Waals surface area contributed by atoms with E-state index in [4.69, 9.17) is 0 Å². The Labute approximate surface area is 63.4 Å². The Hall–Kier alpha value is 0.180. The predicted octanol–water partition coefficient (Wildman–Crippen LogP) is 1.21. The van der Waals surface area contributed by atoms with Crippen LogP contribution in [0.1, 0.15) is 0 Å². The zero-order valence-electron chi connectivity index (χ0n) is 4.35. The molecule has 0 spiro atoms. The van der Waals surface area contributed by atoms with Crippen molar-refractivity contribution >= 4 is 26.0 Å². The minimum absolute atomic E-state index is 0.700. The quantitative estimate of drug-likeness (QED) is 0.416. The number of hydrogen-bond acceptors (Lipinski definition) is 3. The molecule has 0 bridgehead atoms. The Bertz CT molecular complexity index is 194. The van der Waals surface area contributed by atoms with Gasteiger partial charge in [-0.3, -0.25) is 4.18 Å². The normalized spacial score (nSPS) is 13.6. The standard InChI is InChI=1S/C2H2BrF3O3S/c3-1-9-10(7,8)2(4,5)6/h1H2. The molecule has 0 aliphatic rings. The lowest BCUT2D eigenvalue weighted by molar-refractivity contribution is -0.0529. The van der Waals surface area contributed by atoms with Gasteiger partial charge in [0.2, 0.25) is 0 Å². The van der Waals surface area contributed by atoms with Gasteiger partial charge in [-0.1, -0.05) is 15.9 Å². The largest absolute Gasteiger partial charge is 0.523 e. The van der Waals surface area contributed by atoms with E-state index in [0.717, 1.165) is 0 Å². The molecule has 0 rings (SSSR count). The van der Waals surface area contributed by atoms with Crippen molar-refractivity contribution in [3.05, 3.63) is 0 Å². The molecule has 0 radical (unpaired) electrons. The van der Waals surface area contributed by atoms with Crippen molar-refractivity contribution in [1.82, 2.24) is 0 Å². The summed E-state index contributed by atoms with van der Waals surface area (Å²) in [6, 6.07) is 0. The first-order valence-corrected chi connectivity index (χ1v) is 4.36. The molecular formula is C2H2BrF3O3S. The molecule has 8 heteroatoms. The van der Waals surface area contributed by atoms with Gasteiger partial charge < -0.3 is 0 Å². The Morgan fingerprint density at radius 3 is 1.90 bits per heavy atom. The van der Waals surface area contributed by atoms with E-state index >= 15 is 0 Å². The first-order valence-electron chi connectivity index (χ1n) is 1.83. The van der Waals surface area contributed by atoms with Crippen LogP contribution in [0.25, 0.3) is 0 Å². The summed E-state index contributed by atoms with van der Waals surface area (Å²) in [5.41, 5.74) is -6.03. The van der Waals surface area contributed by atoms with Crippen LogP contribution in [0, 0.1) is 0 Å². The summed E-state index contributed by atoms with van der Waals surface area (Å²) in [6.07, 6.45) is 0. The van der Waals surface area contributed by atoms with E-state index < -0.39 is 21.1 Å². The summed E-state index contributed by atoms with van der Waals surface area (Å²) in [4.78, 5) is 0. The number of rotatable bonds is 2. The van der Waals surface area contributed by atoms with Crippen molar-refractivity contribution < 1.29 is 25.8 Å². The molecule has 0 aromatic carbocycles. The molecule has 0 aromatic heterocycles. The van der Waals surface area contributed by atoms with Crippen LogP contribution < -0.4 is 0 Å². The van der Waals surface area contributed by atoms with Crippen molar-refractivity contribution in [2.45, 2.75) is 5.51 Å². The number of halogens is 4. The van der Waals surface area contributed by atoms with E-state index in [0.29, 0.717) is 0 Å². The van der Waals surface area contributed by atoms with Gasteiger partial charge in [0.25, 0.3) is 0 Å².